The molecule has 3 fully saturated rings. The Balaban J connectivity index is 0.00000103. The lowest BCUT2D eigenvalue weighted by atomic mass is 9.64. The highest BCUT2D eigenvalue weighted by Crippen LogP contribution is 2.58. The van der Waals surface area contributed by atoms with Gasteiger partial charge in [0.15, 0.2) is 0 Å². The highest BCUT2D eigenvalue weighted by atomic mass is 15.4. The quantitative estimate of drug-likeness (QED) is 0.620. The SMILES string of the molecule is C=C(NC)N1CCC2(CC1)C(=C)N(Cc1n/c(=C/C=C\C)c(=C)n1N)C1CCCCC12.CC.CC. The van der Waals surface area contributed by atoms with E-state index in [1.165, 1.54) is 31.4 Å². The fraction of sp³-hybridized carbons (Fsp3) is 0.621. The van der Waals surface area contributed by atoms with Crippen LogP contribution in [0.5, 0.6) is 0 Å². The van der Waals surface area contributed by atoms with Crippen LogP contribution in [0.3, 0.4) is 0 Å². The summed E-state index contributed by atoms with van der Waals surface area (Å²) in [5.41, 5.74) is 1.49. The molecule has 1 spiro atoms. The zero-order valence-electron chi connectivity index (χ0n) is 23.2. The standard InChI is InChI=1S/C25H38N6.2C2H6/c1-6-7-11-22-18(2)31(26)24(28-22)17-30-19(3)25(21-10-8-9-12-23(21)30)13-15-29(16-14-25)20(4)27-5;2*1-2/h6-7,11,21,23,27H,2-4,8-10,12-17,26H2,1,5H3;2*1-2H3/b7-6-,22-11+;;. The molecule has 3 heterocycles. The van der Waals surface area contributed by atoms with Gasteiger partial charge in [-0.15, -0.1) is 0 Å². The predicted molar refractivity (Wildman–Crippen MR) is 151 cm³/mol. The van der Waals surface area contributed by atoms with Gasteiger partial charge < -0.3 is 21.0 Å². The first kappa shape index (κ1) is 28.6. The minimum atomic E-state index is 0.189. The van der Waals surface area contributed by atoms with E-state index in [1.54, 1.807) is 4.68 Å². The van der Waals surface area contributed by atoms with Gasteiger partial charge in [0.2, 0.25) is 0 Å². The molecule has 2 unspecified atom stereocenters. The third-order valence-corrected chi connectivity index (χ3v) is 7.96. The molecule has 0 amide bonds. The highest BCUT2D eigenvalue weighted by molar-refractivity contribution is 5.34. The van der Waals surface area contributed by atoms with Crippen LogP contribution in [0.2, 0.25) is 0 Å². The number of nitrogens with one attached hydrogen (secondary N) is 1. The van der Waals surface area contributed by atoms with E-state index < -0.39 is 0 Å². The van der Waals surface area contributed by atoms with Crippen LogP contribution < -0.4 is 21.9 Å². The Bertz CT molecular complexity index is 980. The highest BCUT2D eigenvalue weighted by Gasteiger charge is 2.56. The zero-order valence-corrected chi connectivity index (χ0v) is 23.2. The van der Waals surface area contributed by atoms with Crippen molar-refractivity contribution in [2.45, 2.75) is 85.7 Å². The number of imidazole rings is 1. The molecule has 0 radical (unpaired) electrons. The Morgan fingerprint density at radius 2 is 1.77 bits per heavy atom. The molecule has 1 aromatic heterocycles. The Hall–Kier alpha value is -2.63. The lowest BCUT2D eigenvalue weighted by Crippen LogP contribution is -2.45. The molecule has 2 aliphatic heterocycles. The van der Waals surface area contributed by atoms with Gasteiger partial charge in [-0.2, -0.15) is 0 Å². The van der Waals surface area contributed by atoms with Crippen molar-refractivity contribution in [1.29, 1.82) is 0 Å². The van der Waals surface area contributed by atoms with Crippen molar-refractivity contribution >= 4 is 12.7 Å². The third-order valence-electron chi connectivity index (χ3n) is 7.96. The minimum Gasteiger partial charge on any atom is -0.375 e. The van der Waals surface area contributed by atoms with Crippen molar-refractivity contribution in [2.75, 3.05) is 26.0 Å². The summed E-state index contributed by atoms with van der Waals surface area (Å²) in [6, 6.07) is 0.535. The topological polar surface area (TPSA) is 62.3 Å². The molecular weight excluding hydrogens is 432 g/mol. The van der Waals surface area contributed by atoms with Gasteiger partial charge in [0.25, 0.3) is 0 Å². The normalized spacial score (nSPS) is 23.5. The summed E-state index contributed by atoms with van der Waals surface area (Å²) in [4.78, 5) is 9.74. The summed E-state index contributed by atoms with van der Waals surface area (Å²) < 4.78 is 1.66. The van der Waals surface area contributed by atoms with Gasteiger partial charge in [0.05, 0.1) is 23.1 Å². The van der Waals surface area contributed by atoms with Gasteiger partial charge in [-0.05, 0) is 44.6 Å². The molecule has 1 aromatic rings. The predicted octanol–water partition coefficient (Wildman–Crippen LogP) is 4.08. The summed E-state index contributed by atoms with van der Waals surface area (Å²) in [6.45, 7) is 25.8. The largest absolute Gasteiger partial charge is 0.375 e. The number of aromatic nitrogens is 2. The molecule has 0 aromatic carbocycles. The van der Waals surface area contributed by atoms with E-state index in [-0.39, 0.29) is 5.41 Å². The molecule has 4 rings (SSSR count). The van der Waals surface area contributed by atoms with Crippen LogP contribution in [0.1, 0.15) is 79.0 Å². The number of piperidine rings is 1. The number of fused-ring (bicyclic) bond motifs is 2. The lowest BCUT2D eigenvalue weighted by Gasteiger charge is -2.45. The second-order valence-electron chi connectivity index (χ2n) is 9.30. The number of allylic oxidation sites excluding steroid dienone is 3. The fourth-order valence-corrected chi connectivity index (χ4v) is 6.16. The monoisotopic (exact) mass is 482 g/mol. The van der Waals surface area contributed by atoms with E-state index in [0.29, 0.717) is 18.5 Å². The number of nitrogens with zero attached hydrogens (tertiary/aromatic N) is 4. The molecule has 6 heteroatoms. The summed E-state index contributed by atoms with van der Waals surface area (Å²) in [6.07, 6.45) is 13.4. The maximum Gasteiger partial charge on any atom is 0.147 e. The maximum atomic E-state index is 6.37. The second kappa shape index (κ2) is 12.9. The van der Waals surface area contributed by atoms with E-state index in [9.17, 15) is 0 Å². The zero-order chi connectivity index (χ0) is 26.2. The molecule has 196 valence electrons. The third kappa shape index (κ3) is 5.46. The lowest BCUT2D eigenvalue weighted by molar-refractivity contribution is 0.0860. The first-order valence-electron chi connectivity index (χ1n) is 13.6. The molecule has 2 atom stereocenters. The number of nitrogen functional groups attached to an aromatic ring is 1. The van der Waals surface area contributed by atoms with E-state index in [2.05, 4.69) is 34.9 Å². The Kier molecular flexibility index (Phi) is 10.5. The minimum absolute atomic E-state index is 0.189. The molecule has 3 aliphatic rings. The van der Waals surface area contributed by atoms with Gasteiger partial charge in [-0.1, -0.05) is 72.4 Å². The molecule has 0 bridgehead atoms. The van der Waals surface area contributed by atoms with Crippen LogP contribution in [0.4, 0.5) is 0 Å². The van der Waals surface area contributed by atoms with E-state index in [0.717, 1.165) is 48.3 Å². The number of hydrogen-bond donors (Lipinski definition) is 2. The number of hydrogen-bond acceptors (Lipinski definition) is 5. The summed E-state index contributed by atoms with van der Waals surface area (Å²) >= 11 is 0. The number of rotatable bonds is 5. The molecule has 1 aliphatic carbocycles. The van der Waals surface area contributed by atoms with Gasteiger partial charge in [0.1, 0.15) is 5.82 Å². The van der Waals surface area contributed by atoms with E-state index in [1.807, 2.05) is 59.9 Å². The van der Waals surface area contributed by atoms with E-state index >= 15 is 0 Å². The first-order valence-corrected chi connectivity index (χ1v) is 13.6. The van der Waals surface area contributed by atoms with Crippen LogP contribution in [0.25, 0.3) is 12.7 Å². The van der Waals surface area contributed by atoms with Crippen molar-refractivity contribution in [3.05, 3.63) is 53.4 Å². The van der Waals surface area contributed by atoms with E-state index in [4.69, 9.17) is 10.8 Å². The number of nitrogens with two attached hydrogens (primary N) is 1. The van der Waals surface area contributed by atoms with Gasteiger partial charge >= 0.3 is 0 Å². The average Bonchev–Trinajstić information content (AvgIpc) is 3.31. The van der Waals surface area contributed by atoms with Crippen molar-refractivity contribution in [3.63, 3.8) is 0 Å². The van der Waals surface area contributed by atoms with Crippen LogP contribution in [0, 0.1) is 11.3 Å². The van der Waals surface area contributed by atoms with Gasteiger partial charge in [-0.3, -0.25) is 0 Å². The molecule has 6 nitrogen and oxygen atoms in total. The summed E-state index contributed by atoms with van der Waals surface area (Å²) in [5, 5.41) is 4.81. The smallest absolute Gasteiger partial charge is 0.147 e. The average molecular weight is 483 g/mol. The van der Waals surface area contributed by atoms with Crippen LogP contribution in [-0.4, -0.2) is 45.6 Å². The fourth-order valence-electron chi connectivity index (χ4n) is 6.16. The Morgan fingerprint density at radius 1 is 1.14 bits per heavy atom. The summed E-state index contributed by atoms with van der Waals surface area (Å²) in [5.74, 6) is 8.93. The Morgan fingerprint density at radius 3 is 2.37 bits per heavy atom. The Labute approximate surface area is 213 Å². The summed E-state index contributed by atoms with van der Waals surface area (Å²) in [7, 11) is 1.95. The first-order chi connectivity index (χ1) is 16.9. The van der Waals surface area contributed by atoms with Crippen LogP contribution in [-0.2, 0) is 6.54 Å². The molecule has 3 N–H and O–H groups in total. The number of likely N-dealkylation sites (tertiary alicyclic amines) is 2. The molecule has 35 heavy (non-hydrogen) atoms. The van der Waals surface area contributed by atoms with Crippen molar-refractivity contribution in [2.24, 2.45) is 11.3 Å². The van der Waals surface area contributed by atoms with Gasteiger partial charge in [-0.25, -0.2) is 9.66 Å². The molecular formula is C29H50N6. The van der Waals surface area contributed by atoms with Crippen LogP contribution in [0.15, 0.2) is 36.8 Å². The van der Waals surface area contributed by atoms with Crippen molar-refractivity contribution in [3.8, 4) is 0 Å². The van der Waals surface area contributed by atoms with Crippen molar-refractivity contribution in [1.82, 2.24) is 24.8 Å². The second-order valence-corrected chi connectivity index (χ2v) is 9.30. The molecule has 2 saturated heterocycles. The molecule has 1 saturated carbocycles. The van der Waals surface area contributed by atoms with Gasteiger partial charge in [0, 0.05) is 37.3 Å². The van der Waals surface area contributed by atoms with Crippen LogP contribution >= 0.6 is 0 Å². The maximum absolute atomic E-state index is 6.37. The van der Waals surface area contributed by atoms with Crippen molar-refractivity contribution < 1.29 is 0 Å².